The van der Waals surface area contributed by atoms with Crippen molar-refractivity contribution in [3.8, 4) is 5.88 Å². The van der Waals surface area contributed by atoms with Crippen molar-refractivity contribution in [2.45, 2.75) is 12.8 Å². The molecule has 1 heterocycles. The molecule has 0 radical (unpaired) electrons. The molecule has 0 aliphatic heterocycles. The van der Waals surface area contributed by atoms with E-state index in [1.54, 1.807) is 0 Å². The maximum Gasteiger partial charge on any atom is 0.252 e. The van der Waals surface area contributed by atoms with Gasteiger partial charge in [0.05, 0.1) is 6.61 Å². The Morgan fingerprint density at radius 1 is 1.43 bits per heavy atom. The minimum absolute atomic E-state index is 0.212. The summed E-state index contributed by atoms with van der Waals surface area (Å²) in [6.45, 7) is 0.426. The van der Waals surface area contributed by atoms with Crippen molar-refractivity contribution in [3.63, 3.8) is 0 Å². The van der Waals surface area contributed by atoms with Crippen molar-refractivity contribution in [2.75, 3.05) is 12.3 Å². The number of hydrogen-bond donors (Lipinski definition) is 1. The second-order valence-corrected chi connectivity index (χ2v) is 3.40. The van der Waals surface area contributed by atoms with Crippen LogP contribution in [0.5, 0.6) is 5.88 Å². The smallest absolute Gasteiger partial charge is 0.252 e. The molecule has 2 N–H and O–H groups in total. The van der Waals surface area contributed by atoms with E-state index in [1.807, 2.05) is 0 Å². The van der Waals surface area contributed by atoms with E-state index in [9.17, 15) is 8.78 Å². The third kappa shape index (κ3) is 1.92. The quantitative estimate of drug-likeness (QED) is 0.808. The summed E-state index contributed by atoms with van der Waals surface area (Å²) in [5, 5.41) is 0. The lowest BCUT2D eigenvalue weighted by Gasteiger charge is -2.05. The first-order valence-corrected chi connectivity index (χ1v) is 4.41. The molecule has 0 aromatic carbocycles. The van der Waals surface area contributed by atoms with Crippen molar-refractivity contribution >= 4 is 5.82 Å². The summed E-state index contributed by atoms with van der Waals surface area (Å²) < 4.78 is 30.8. The molecule has 0 amide bonds. The Morgan fingerprint density at radius 3 is 2.79 bits per heavy atom. The van der Waals surface area contributed by atoms with Crippen LogP contribution < -0.4 is 10.5 Å². The molecule has 0 spiro atoms. The second kappa shape index (κ2) is 3.40. The van der Waals surface area contributed by atoms with Gasteiger partial charge in [0, 0.05) is 6.07 Å². The third-order valence-corrected chi connectivity index (χ3v) is 2.08. The van der Waals surface area contributed by atoms with Crippen molar-refractivity contribution < 1.29 is 13.5 Å². The molecule has 5 heteroatoms. The molecule has 0 saturated heterocycles. The molecule has 76 valence electrons. The lowest BCUT2D eigenvalue weighted by atomic mass is 10.4. The topological polar surface area (TPSA) is 48.1 Å². The van der Waals surface area contributed by atoms with Crippen LogP contribution in [0.25, 0.3) is 0 Å². The van der Waals surface area contributed by atoms with Crippen molar-refractivity contribution in [1.82, 2.24) is 4.98 Å². The minimum Gasteiger partial charge on any atom is -0.475 e. The number of nitrogens with two attached hydrogens (primary N) is 1. The summed E-state index contributed by atoms with van der Waals surface area (Å²) >= 11 is 0. The number of aromatic nitrogens is 1. The van der Waals surface area contributed by atoms with Gasteiger partial charge in [0.2, 0.25) is 0 Å². The third-order valence-electron chi connectivity index (χ3n) is 2.08. The van der Waals surface area contributed by atoms with Crippen LogP contribution in [0.15, 0.2) is 6.07 Å². The summed E-state index contributed by atoms with van der Waals surface area (Å²) in [7, 11) is 0. The first-order chi connectivity index (χ1) is 6.66. The molecule has 1 aliphatic rings. The van der Waals surface area contributed by atoms with Crippen molar-refractivity contribution in [2.24, 2.45) is 5.92 Å². The van der Waals surface area contributed by atoms with Crippen molar-refractivity contribution in [3.05, 3.63) is 17.7 Å². The number of anilines is 1. The Balaban J connectivity index is 2.10. The van der Waals surface area contributed by atoms with Gasteiger partial charge in [-0.15, -0.1) is 0 Å². The average Bonchev–Trinajstić information content (AvgIpc) is 2.92. The number of ether oxygens (including phenoxy) is 1. The van der Waals surface area contributed by atoms with Crippen molar-refractivity contribution in [1.29, 1.82) is 0 Å². The Labute approximate surface area is 79.9 Å². The summed E-state index contributed by atoms with van der Waals surface area (Å²) in [6, 6.07) is 0.685. The van der Waals surface area contributed by atoms with E-state index < -0.39 is 11.6 Å². The minimum atomic E-state index is -0.860. The zero-order chi connectivity index (χ0) is 10.1. The average molecular weight is 200 g/mol. The second-order valence-electron chi connectivity index (χ2n) is 3.40. The highest BCUT2D eigenvalue weighted by molar-refractivity contribution is 5.34. The summed E-state index contributed by atoms with van der Waals surface area (Å²) in [5.74, 6) is -1.73. The number of pyridine rings is 1. The zero-order valence-electron chi connectivity index (χ0n) is 7.46. The van der Waals surface area contributed by atoms with Gasteiger partial charge in [0.15, 0.2) is 17.5 Å². The standard InChI is InChI=1S/C9H10F2N2O/c10-6-3-7(11)9(13-8(6)12)14-4-5-1-2-5/h3,5H,1-2,4H2,(H2,12,13). The normalized spacial score (nSPS) is 15.6. The fourth-order valence-electron chi connectivity index (χ4n) is 1.05. The molecule has 2 rings (SSSR count). The number of rotatable bonds is 3. The maximum atomic E-state index is 13.0. The van der Waals surface area contributed by atoms with Crippen LogP contribution in [0.4, 0.5) is 14.6 Å². The highest BCUT2D eigenvalue weighted by Crippen LogP contribution is 2.30. The fraction of sp³-hybridized carbons (Fsp3) is 0.444. The highest BCUT2D eigenvalue weighted by Gasteiger charge is 2.23. The monoisotopic (exact) mass is 200 g/mol. The van der Waals surface area contributed by atoms with E-state index in [0.717, 1.165) is 12.8 Å². The zero-order valence-corrected chi connectivity index (χ0v) is 7.46. The molecular weight excluding hydrogens is 190 g/mol. The number of nitrogens with zero attached hydrogens (tertiary/aromatic N) is 1. The van der Waals surface area contributed by atoms with Gasteiger partial charge in [-0.25, -0.2) is 8.78 Å². The van der Waals surface area contributed by atoms with Gasteiger partial charge in [0.25, 0.3) is 5.88 Å². The van der Waals surface area contributed by atoms with Crippen LogP contribution in [0.3, 0.4) is 0 Å². The van der Waals surface area contributed by atoms with E-state index in [2.05, 4.69) is 4.98 Å². The van der Waals surface area contributed by atoms with Crippen LogP contribution in [-0.4, -0.2) is 11.6 Å². The molecule has 0 bridgehead atoms. The predicted octanol–water partition coefficient (Wildman–Crippen LogP) is 1.73. The molecule has 1 aliphatic carbocycles. The van der Waals surface area contributed by atoms with Gasteiger partial charge in [-0.1, -0.05) is 0 Å². The molecular formula is C9H10F2N2O. The Morgan fingerprint density at radius 2 is 2.14 bits per heavy atom. The van der Waals surface area contributed by atoms with E-state index >= 15 is 0 Å². The largest absolute Gasteiger partial charge is 0.475 e. The molecule has 3 nitrogen and oxygen atoms in total. The van der Waals surface area contributed by atoms with E-state index in [0.29, 0.717) is 18.6 Å². The van der Waals surface area contributed by atoms with Crippen LogP contribution >= 0.6 is 0 Å². The van der Waals surface area contributed by atoms with Gasteiger partial charge in [0.1, 0.15) is 0 Å². The molecule has 1 saturated carbocycles. The van der Waals surface area contributed by atoms with Gasteiger partial charge in [-0.05, 0) is 18.8 Å². The lowest BCUT2D eigenvalue weighted by molar-refractivity contribution is 0.272. The highest BCUT2D eigenvalue weighted by atomic mass is 19.1. The molecule has 1 aromatic rings. The van der Waals surface area contributed by atoms with Gasteiger partial charge < -0.3 is 10.5 Å². The molecule has 1 fully saturated rings. The first-order valence-electron chi connectivity index (χ1n) is 4.41. The summed E-state index contributed by atoms with van der Waals surface area (Å²) in [6.07, 6.45) is 2.19. The SMILES string of the molecule is Nc1nc(OCC2CC2)c(F)cc1F. The molecule has 0 unspecified atom stereocenters. The molecule has 1 aromatic heterocycles. The number of hydrogen-bond acceptors (Lipinski definition) is 3. The van der Waals surface area contributed by atoms with Gasteiger partial charge in [-0.3, -0.25) is 0 Å². The number of halogens is 2. The van der Waals surface area contributed by atoms with E-state index in [-0.39, 0.29) is 11.7 Å². The molecule has 14 heavy (non-hydrogen) atoms. The fourth-order valence-corrected chi connectivity index (χ4v) is 1.05. The van der Waals surface area contributed by atoms with Gasteiger partial charge in [-0.2, -0.15) is 4.98 Å². The van der Waals surface area contributed by atoms with E-state index in [4.69, 9.17) is 10.5 Å². The lowest BCUT2D eigenvalue weighted by Crippen LogP contribution is -2.05. The Bertz CT molecular complexity index is 353. The maximum absolute atomic E-state index is 13.0. The summed E-state index contributed by atoms with van der Waals surface area (Å²) in [4.78, 5) is 3.48. The van der Waals surface area contributed by atoms with Crippen LogP contribution in [-0.2, 0) is 0 Å². The number of nitrogen functional groups attached to an aromatic ring is 1. The predicted molar refractivity (Wildman–Crippen MR) is 46.8 cm³/mol. The van der Waals surface area contributed by atoms with E-state index in [1.165, 1.54) is 0 Å². The summed E-state index contributed by atoms with van der Waals surface area (Å²) in [5.41, 5.74) is 5.18. The van der Waals surface area contributed by atoms with Crippen LogP contribution in [0.1, 0.15) is 12.8 Å². The van der Waals surface area contributed by atoms with Crippen LogP contribution in [0, 0.1) is 17.6 Å². The first kappa shape index (κ1) is 9.18. The van der Waals surface area contributed by atoms with Gasteiger partial charge >= 0.3 is 0 Å². The molecule has 0 atom stereocenters. The Hall–Kier alpha value is -1.39. The van der Waals surface area contributed by atoms with Crippen LogP contribution in [0.2, 0.25) is 0 Å². The Kier molecular flexibility index (Phi) is 2.23.